The van der Waals surface area contributed by atoms with E-state index in [2.05, 4.69) is 36.6 Å². The van der Waals surface area contributed by atoms with E-state index in [0.717, 1.165) is 5.56 Å². The molecule has 1 aliphatic heterocycles. The van der Waals surface area contributed by atoms with Gasteiger partial charge in [-0.15, -0.1) is 0 Å². The number of carbonyl (C=O) groups excluding carboxylic acids is 2. The normalized spacial score (nSPS) is 23.5. The van der Waals surface area contributed by atoms with Gasteiger partial charge >= 0.3 is 5.97 Å². The van der Waals surface area contributed by atoms with E-state index in [1.165, 1.54) is 13.2 Å². The lowest BCUT2D eigenvalue weighted by molar-refractivity contribution is -0.144. The quantitative estimate of drug-likeness (QED) is 0.589. The maximum atomic E-state index is 12.1. The molecule has 4 nitrogen and oxygen atoms in total. The molecule has 0 saturated carbocycles. The third-order valence-electron chi connectivity index (χ3n) is 2.65. The Morgan fingerprint density at radius 2 is 2.00 bits per heavy atom. The van der Waals surface area contributed by atoms with Crippen LogP contribution >= 0.6 is 31.9 Å². The summed E-state index contributed by atoms with van der Waals surface area (Å²) in [6.07, 6.45) is 1.36. The number of ether oxygens (including phenoxy) is 2. The van der Waals surface area contributed by atoms with E-state index in [9.17, 15) is 9.59 Å². The molecule has 0 bridgehead atoms. The van der Waals surface area contributed by atoms with Crippen molar-refractivity contribution in [3.63, 3.8) is 0 Å². The number of alkyl halides is 2. The zero-order valence-corrected chi connectivity index (χ0v) is 13.1. The highest BCUT2D eigenvalue weighted by Gasteiger charge is 2.52. The van der Waals surface area contributed by atoms with Crippen LogP contribution in [0.4, 0.5) is 0 Å². The van der Waals surface area contributed by atoms with E-state index >= 15 is 0 Å². The van der Waals surface area contributed by atoms with Gasteiger partial charge in [-0.25, -0.2) is 0 Å². The largest absolute Gasteiger partial charge is 0.468 e. The van der Waals surface area contributed by atoms with Crippen LogP contribution in [0.3, 0.4) is 0 Å². The van der Waals surface area contributed by atoms with Crippen molar-refractivity contribution in [3.05, 3.63) is 42.0 Å². The molecule has 0 fully saturated rings. The summed E-state index contributed by atoms with van der Waals surface area (Å²) in [6, 6.07) is 9.18. The molecule has 1 aliphatic rings. The molecule has 1 aromatic rings. The van der Waals surface area contributed by atoms with E-state index < -0.39 is 15.3 Å². The third-order valence-corrected chi connectivity index (χ3v) is 5.29. The molecule has 2 atom stereocenters. The van der Waals surface area contributed by atoms with Crippen LogP contribution < -0.4 is 0 Å². The Hall–Kier alpha value is -1.14. The zero-order valence-electron chi connectivity index (χ0n) is 9.93. The van der Waals surface area contributed by atoms with Crippen LogP contribution in [-0.2, 0) is 19.1 Å². The van der Waals surface area contributed by atoms with Crippen LogP contribution in [0.25, 0.3) is 5.76 Å². The van der Waals surface area contributed by atoms with E-state index in [-0.39, 0.29) is 5.78 Å². The highest BCUT2D eigenvalue weighted by atomic mass is 79.9. The lowest BCUT2D eigenvalue weighted by atomic mass is 10.1. The Bertz CT molecular complexity index is 541. The van der Waals surface area contributed by atoms with Crippen molar-refractivity contribution in [1.82, 2.24) is 0 Å². The molecule has 0 aliphatic carbocycles. The molecule has 0 N–H and O–H groups in total. The summed E-state index contributed by atoms with van der Waals surface area (Å²) in [5, 5.41) is 0. The van der Waals surface area contributed by atoms with Gasteiger partial charge in [-0.1, -0.05) is 46.3 Å². The number of benzene rings is 1. The molecule has 1 heterocycles. The van der Waals surface area contributed by atoms with Gasteiger partial charge in [-0.05, 0) is 15.9 Å². The molecular formula is C13H10Br2O4. The van der Waals surface area contributed by atoms with Crippen molar-refractivity contribution < 1.29 is 19.1 Å². The average molecular weight is 390 g/mol. The number of rotatable bonds is 3. The van der Waals surface area contributed by atoms with Gasteiger partial charge in [-0.2, -0.15) is 0 Å². The molecule has 2 rings (SSSR count). The van der Waals surface area contributed by atoms with E-state index in [0.29, 0.717) is 5.76 Å². The van der Waals surface area contributed by atoms with Gasteiger partial charge in [0.05, 0.1) is 7.11 Å². The fourth-order valence-electron chi connectivity index (χ4n) is 1.63. The highest BCUT2D eigenvalue weighted by molar-refractivity contribution is 9.13. The SMILES string of the molecule is COC(=O)[C@@H](Br)[C@@]1(Br)OC(c2ccccc2)=CC1=O. The van der Waals surface area contributed by atoms with Crippen LogP contribution in [0.1, 0.15) is 5.56 Å². The number of ketones is 1. The van der Waals surface area contributed by atoms with Crippen molar-refractivity contribution in [3.8, 4) is 0 Å². The minimum Gasteiger partial charge on any atom is -0.468 e. The number of hydrogen-bond acceptors (Lipinski definition) is 4. The molecular weight excluding hydrogens is 380 g/mol. The van der Waals surface area contributed by atoms with Crippen molar-refractivity contribution in [2.75, 3.05) is 7.11 Å². The minimum atomic E-state index is -1.47. The summed E-state index contributed by atoms with van der Waals surface area (Å²) >= 11 is 6.31. The Morgan fingerprint density at radius 3 is 2.58 bits per heavy atom. The van der Waals surface area contributed by atoms with Crippen molar-refractivity contribution >= 4 is 49.4 Å². The topological polar surface area (TPSA) is 52.6 Å². The number of hydrogen-bond donors (Lipinski definition) is 0. The molecule has 0 amide bonds. The second kappa shape index (κ2) is 5.46. The summed E-state index contributed by atoms with van der Waals surface area (Å²) in [7, 11) is 1.25. The Labute approximate surface area is 127 Å². The molecule has 1 aromatic carbocycles. The fourth-order valence-corrected chi connectivity index (χ4v) is 2.62. The standard InChI is InChI=1S/C13H10Br2O4/c1-18-12(17)11(14)13(15)10(16)7-9(19-13)8-5-3-2-4-6-8/h2-7,11H,1H3/t11-,13+/m1/s1. The van der Waals surface area contributed by atoms with Gasteiger partial charge in [0.2, 0.25) is 10.3 Å². The lowest BCUT2D eigenvalue weighted by Crippen LogP contribution is -2.43. The number of carbonyl (C=O) groups is 2. The van der Waals surface area contributed by atoms with Gasteiger partial charge in [0.15, 0.2) is 4.83 Å². The predicted octanol–water partition coefficient (Wildman–Crippen LogP) is 2.65. The first-order valence-corrected chi connectivity index (χ1v) is 7.11. The average Bonchev–Trinajstić information content (AvgIpc) is 2.75. The van der Waals surface area contributed by atoms with Crippen LogP contribution in [-0.4, -0.2) is 28.2 Å². The molecule has 0 saturated heterocycles. The van der Waals surface area contributed by atoms with E-state index in [1.54, 1.807) is 0 Å². The summed E-state index contributed by atoms with van der Waals surface area (Å²) < 4.78 is 8.75. The van der Waals surface area contributed by atoms with Crippen LogP contribution in [0.2, 0.25) is 0 Å². The first kappa shape index (κ1) is 14.3. The zero-order chi connectivity index (χ0) is 14.0. The fraction of sp³-hybridized carbons (Fsp3) is 0.231. The van der Waals surface area contributed by atoms with Crippen molar-refractivity contribution in [2.24, 2.45) is 0 Å². The summed E-state index contributed by atoms with van der Waals surface area (Å²) in [4.78, 5) is 22.7. The van der Waals surface area contributed by atoms with Crippen molar-refractivity contribution in [1.29, 1.82) is 0 Å². The third kappa shape index (κ3) is 2.60. The number of esters is 1. The number of methoxy groups -OCH3 is 1. The first-order valence-electron chi connectivity index (χ1n) is 5.40. The van der Waals surface area contributed by atoms with Gasteiger partial charge in [0, 0.05) is 11.6 Å². The molecule has 0 radical (unpaired) electrons. The van der Waals surface area contributed by atoms with Gasteiger partial charge in [0.25, 0.3) is 0 Å². The smallest absolute Gasteiger partial charge is 0.325 e. The first-order chi connectivity index (χ1) is 8.99. The van der Waals surface area contributed by atoms with Gasteiger partial charge in [-0.3, -0.25) is 9.59 Å². The summed E-state index contributed by atoms with van der Waals surface area (Å²) in [6.45, 7) is 0. The number of halogens is 2. The molecule has 100 valence electrons. The van der Waals surface area contributed by atoms with E-state index in [1.807, 2.05) is 30.3 Å². The van der Waals surface area contributed by atoms with Crippen molar-refractivity contribution in [2.45, 2.75) is 9.34 Å². The van der Waals surface area contributed by atoms with Gasteiger partial charge in [0.1, 0.15) is 5.76 Å². The Balaban J connectivity index is 2.27. The summed E-state index contributed by atoms with van der Waals surface area (Å²) in [5.74, 6) is -0.526. The molecule has 0 spiro atoms. The molecule has 0 unspecified atom stereocenters. The van der Waals surface area contributed by atoms with Crippen LogP contribution in [0.5, 0.6) is 0 Å². The highest BCUT2D eigenvalue weighted by Crippen LogP contribution is 2.41. The predicted molar refractivity (Wildman–Crippen MR) is 76.9 cm³/mol. The Kier molecular flexibility index (Phi) is 4.10. The maximum Gasteiger partial charge on any atom is 0.325 e. The minimum absolute atomic E-state index is 0.348. The van der Waals surface area contributed by atoms with E-state index in [4.69, 9.17) is 4.74 Å². The Morgan fingerprint density at radius 1 is 1.37 bits per heavy atom. The second-order valence-corrected chi connectivity index (χ2v) is 5.97. The second-order valence-electron chi connectivity index (χ2n) is 3.87. The maximum absolute atomic E-state index is 12.1. The lowest BCUT2D eigenvalue weighted by Gasteiger charge is -2.25. The molecule has 6 heteroatoms. The molecule has 19 heavy (non-hydrogen) atoms. The van der Waals surface area contributed by atoms with Crippen LogP contribution in [0.15, 0.2) is 36.4 Å². The summed E-state index contributed by atoms with van der Waals surface area (Å²) in [5.41, 5.74) is 0.766. The molecule has 0 aromatic heterocycles. The monoisotopic (exact) mass is 388 g/mol. The van der Waals surface area contributed by atoms with Gasteiger partial charge < -0.3 is 9.47 Å². The van der Waals surface area contributed by atoms with Crippen LogP contribution in [0, 0.1) is 0 Å².